The molecule has 1 saturated heterocycles. The third-order valence-electron chi connectivity index (χ3n) is 5.72. The maximum absolute atomic E-state index is 13.4. The number of thioether (sulfide) groups is 1. The number of amides is 3. The van der Waals surface area contributed by atoms with Crippen molar-refractivity contribution in [3.63, 3.8) is 0 Å². The zero-order valence-corrected chi connectivity index (χ0v) is 19.5. The van der Waals surface area contributed by atoms with Crippen LogP contribution in [0.4, 0.5) is 11.4 Å². The van der Waals surface area contributed by atoms with Crippen molar-refractivity contribution in [2.75, 3.05) is 44.1 Å². The number of nitrogens with one attached hydrogen (secondary N) is 1. The Morgan fingerprint density at radius 3 is 2.36 bits per heavy atom. The van der Waals surface area contributed by atoms with Gasteiger partial charge in [-0.2, -0.15) is 0 Å². The second-order valence-electron chi connectivity index (χ2n) is 7.93. The standard InChI is InChI=1S/C24H27N3O5S/c1-31-17-12-16(13-18(14-17)32-2)25-21(28)15-27-19-8-4-5-9-20(19)33-22(24(27)30)23(29)26-10-6-3-7-11-26/h4-5,8-9,12-14,22H,3,6-7,10-11,15H2,1-2H3,(H,25,28). The molecule has 8 nitrogen and oxygen atoms in total. The van der Waals surface area contributed by atoms with Gasteiger partial charge < -0.3 is 24.6 Å². The molecule has 0 spiro atoms. The Kier molecular flexibility index (Phi) is 7.08. The Morgan fingerprint density at radius 2 is 1.70 bits per heavy atom. The van der Waals surface area contributed by atoms with Crippen molar-refractivity contribution >= 4 is 40.9 Å². The largest absolute Gasteiger partial charge is 0.497 e. The number of rotatable bonds is 6. The fourth-order valence-electron chi connectivity index (χ4n) is 4.04. The van der Waals surface area contributed by atoms with Gasteiger partial charge in [0.05, 0.1) is 19.9 Å². The molecule has 2 aliphatic heterocycles. The van der Waals surface area contributed by atoms with Crippen LogP contribution in [0, 0.1) is 0 Å². The van der Waals surface area contributed by atoms with Crippen LogP contribution in [-0.4, -0.2) is 61.7 Å². The lowest BCUT2D eigenvalue weighted by molar-refractivity contribution is -0.135. The highest BCUT2D eigenvalue weighted by Crippen LogP contribution is 2.40. The molecule has 9 heteroatoms. The van der Waals surface area contributed by atoms with E-state index < -0.39 is 5.25 Å². The first-order chi connectivity index (χ1) is 16.0. The summed E-state index contributed by atoms with van der Waals surface area (Å²) in [5, 5.41) is 1.92. The number of carbonyl (C=O) groups excluding carboxylic acids is 3. The van der Waals surface area contributed by atoms with Crippen LogP contribution >= 0.6 is 11.8 Å². The molecule has 2 aromatic carbocycles. The average molecular weight is 470 g/mol. The van der Waals surface area contributed by atoms with Crippen molar-refractivity contribution in [2.24, 2.45) is 0 Å². The summed E-state index contributed by atoms with van der Waals surface area (Å²) in [6.45, 7) is 1.13. The summed E-state index contributed by atoms with van der Waals surface area (Å²) in [7, 11) is 3.06. The number of carbonyl (C=O) groups is 3. The van der Waals surface area contributed by atoms with Crippen LogP contribution in [0.2, 0.25) is 0 Å². The summed E-state index contributed by atoms with van der Waals surface area (Å²) >= 11 is 1.26. The number of piperidine rings is 1. The van der Waals surface area contributed by atoms with Crippen LogP contribution in [0.25, 0.3) is 0 Å². The number of anilines is 2. The predicted molar refractivity (Wildman–Crippen MR) is 127 cm³/mol. The quantitative estimate of drug-likeness (QED) is 0.654. The maximum Gasteiger partial charge on any atom is 0.250 e. The van der Waals surface area contributed by atoms with E-state index in [2.05, 4.69) is 5.32 Å². The summed E-state index contributed by atoms with van der Waals surface area (Å²) < 4.78 is 10.5. The van der Waals surface area contributed by atoms with Crippen LogP contribution in [0.3, 0.4) is 0 Å². The molecule has 0 bridgehead atoms. The molecule has 2 aromatic rings. The van der Waals surface area contributed by atoms with E-state index in [9.17, 15) is 14.4 Å². The lowest BCUT2D eigenvalue weighted by atomic mass is 10.1. The molecule has 3 amide bonds. The minimum Gasteiger partial charge on any atom is -0.497 e. The Morgan fingerprint density at radius 1 is 1.03 bits per heavy atom. The summed E-state index contributed by atoms with van der Waals surface area (Å²) in [6.07, 6.45) is 2.99. The van der Waals surface area contributed by atoms with Crippen molar-refractivity contribution in [2.45, 2.75) is 29.4 Å². The molecule has 0 aliphatic carbocycles. The molecule has 1 atom stereocenters. The lowest BCUT2D eigenvalue weighted by Gasteiger charge is -2.36. The summed E-state index contributed by atoms with van der Waals surface area (Å²) in [6, 6.07) is 12.4. The Labute approximate surface area is 197 Å². The van der Waals surface area contributed by atoms with Gasteiger partial charge in [-0.25, -0.2) is 0 Å². The van der Waals surface area contributed by atoms with E-state index in [0.29, 0.717) is 36.0 Å². The number of likely N-dealkylation sites (tertiary alicyclic amines) is 1. The number of nitrogens with zero attached hydrogens (tertiary/aromatic N) is 2. The third kappa shape index (κ3) is 5.08. The normalized spacial score (nSPS) is 17.9. The average Bonchev–Trinajstić information content (AvgIpc) is 2.85. The van der Waals surface area contributed by atoms with Gasteiger partial charge in [-0.1, -0.05) is 12.1 Å². The summed E-state index contributed by atoms with van der Waals surface area (Å²) in [4.78, 5) is 43.5. The van der Waals surface area contributed by atoms with Gasteiger partial charge in [-0.15, -0.1) is 11.8 Å². The number of ether oxygens (including phenoxy) is 2. The minimum absolute atomic E-state index is 0.179. The van der Waals surface area contributed by atoms with Gasteiger partial charge >= 0.3 is 0 Å². The molecule has 0 aromatic heterocycles. The maximum atomic E-state index is 13.4. The highest BCUT2D eigenvalue weighted by atomic mass is 32.2. The van der Waals surface area contributed by atoms with Gasteiger partial charge in [-0.3, -0.25) is 14.4 Å². The van der Waals surface area contributed by atoms with Gasteiger partial charge in [0, 0.05) is 41.9 Å². The van der Waals surface area contributed by atoms with Crippen LogP contribution in [0.15, 0.2) is 47.4 Å². The van der Waals surface area contributed by atoms with E-state index in [1.807, 2.05) is 18.2 Å². The second kappa shape index (κ2) is 10.2. The van der Waals surface area contributed by atoms with E-state index in [1.165, 1.54) is 30.9 Å². The second-order valence-corrected chi connectivity index (χ2v) is 9.07. The van der Waals surface area contributed by atoms with Crippen LogP contribution in [0.1, 0.15) is 19.3 Å². The number of hydrogen-bond acceptors (Lipinski definition) is 6. The number of para-hydroxylation sites is 1. The SMILES string of the molecule is COc1cc(NC(=O)CN2C(=O)C(C(=O)N3CCCCC3)Sc3ccccc32)cc(OC)c1. The smallest absolute Gasteiger partial charge is 0.250 e. The molecule has 2 heterocycles. The zero-order valence-electron chi connectivity index (χ0n) is 18.7. The molecule has 0 radical (unpaired) electrons. The Hall–Kier alpha value is -3.20. The fourth-order valence-corrected chi connectivity index (χ4v) is 5.23. The molecule has 1 unspecified atom stereocenters. The van der Waals surface area contributed by atoms with Crippen molar-refractivity contribution in [3.05, 3.63) is 42.5 Å². The van der Waals surface area contributed by atoms with Gasteiger partial charge in [0.15, 0.2) is 5.25 Å². The fraction of sp³-hybridized carbons (Fsp3) is 0.375. The number of methoxy groups -OCH3 is 2. The van der Waals surface area contributed by atoms with Crippen LogP contribution < -0.4 is 19.7 Å². The molecular formula is C24H27N3O5S. The van der Waals surface area contributed by atoms with Crippen molar-refractivity contribution in [3.8, 4) is 11.5 Å². The van der Waals surface area contributed by atoms with Crippen LogP contribution in [-0.2, 0) is 14.4 Å². The van der Waals surface area contributed by atoms with Gasteiger partial charge in [-0.05, 0) is 31.4 Å². The van der Waals surface area contributed by atoms with Gasteiger partial charge in [0.1, 0.15) is 18.0 Å². The first kappa shape index (κ1) is 23.0. The predicted octanol–water partition coefficient (Wildman–Crippen LogP) is 3.16. The van der Waals surface area contributed by atoms with Crippen LogP contribution in [0.5, 0.6) is 11.5 Å². The molecule has 2 aliphatic rings. The lowest BCUT2D eigenvalue weighted by Crippen LogP contribution is -2.52. The molecule has 0 saturated carbocycles. The van der Waals surface area contributed by atoms with Gasteiger partial charge in [0.25, 0.3) is 5.91 Å². The number of fused-ring (bicyclic) bond motifs is 1. The minimum atomic E-state index is -0.886. The first-order valence-corrected chi connectivity index (χ1v) is 11.8. The summed E-state index contributed by atoms with van der Waals surface area (Å²) in [5.41, 5.74) is 1.12. The van der Waals surface area contributed by atoms with Gasteiger partial charge in [0.2, 0.25) is 11.8 Å². The number of hydrogen-bond donors (Lipinski definition) is 1. The van der Waals surface area contributed by atoms with Crippen molar-refractivity contribution in [1.29, 1.82) is 0 Å². The first-order valence-electron chi connectivity index (χ1n) is 10.9. The van der Waals surface area contributed by atoms with E-state index >= 15 is 0 Å². The third-order valence-corrected chi connectivity index (χ3v) is 6.96. The van der Waals surface area contributed by atoms with Crippen molar-refractivity contribution in [1.82, 2.24) is 4.90 Å². The molecular weight excluding hydrogens is 442 g/mol. The highest BCUT2D eigenvalue weighted by molar-refractivity contribution is 8.01. The number of benzene rings is 2. The summed E-state index contributed by atoms with van der Waals surface area (Å²) in [5.74, 6) is 0.139. The topological polar surface area (TPSA) is 88.2 Å². The highest BCUT2D eigenvalue weighted by Gasteiger charge is 2.41. The Balaban J connectivity index is 1.54. The molecule has 4 rings (SSSR count). The van der Waals surface area contributed by atoms with E-state index in [-0.39, 0.29) is 24.3 Å². The van der Waals surface area contributed by atoms with Crippen molar-refractivity contribution < 1.29 is 23.9 Å². The van der Waals surface area contributed by atoms with E-state index in [1.54, 1.807) is 29.2 Å². The molecule has 1 fully saturated rings. The van der Waals surface area contributed by atoms with E-state index in [0.717, 1.165) is 24.2 Å². The zero-order chi connectivity index (χ0) is 23.4. The molecule has 33 heavy (non-hydrogen) atoms. The van der Waals surface area contributed by atoms with E-state index in [4.69, 9.17) is 9.47 Å². The monoisotopic (exact) mass is 469 g/mol. The molecule has 174 valence electrons. The molecule has 1 N–H and O–H groups in total. The Bertz CT molecular complexity index is 1030.